The SMILES string of the molecule is COC(=O)/C=C/C(=O)N1CC(CN(C)c2nc(OC)nc3c2CCN(c2cccc4cccc(Cl)c24)C3)C1. The number of anilines is 2. The molecule has 10 heteroatoms. The highest BCUT2D eigenvalue weighted by Crippen LogP contribution is 2.37. The molecule has 1 fully saturated rings. The van der Waals surface area contributed by atoms with Gasteiger partial charge in [0.1, 0.15) is 5.82 Å². The van der Waals surface area contributed by atoms with E-state index in [4.69, 9.17) is 26.3 Å². The number of rotatable bonds is 7. The summed E-state index contributed by atoms with van der Waals surface area (Å²) in [6, 6.07) is 12.5. The first-order valence-electron chi connectivity index (χ1n) is 12.5. The molecule has 9 nitrogen and oxygen atoms in total. The van der Waals surface area contributed by atoms with Crippen LogP contribution >= 0.6 is 11.6 Å². The molecule has 3 heterocycles. The van der Waals surface area contributed by atoms with Crippen LogP contribution in [0.4, 0.5) is 11.5 Å². The van der Waals surface area contributed by atoms with Crippen molar-refractivity contribution in [3.05, 3.63) is 64.8 Å². The molecule has 3 aromatic rings. The first kappa shape index (κ1) is 25.8. The van der Waals surface area contributed by atoms with Crippen LogP contribution in [0.3, 0.4) is 0 Å². The molecular formula is C28H30ClN5O4. The fourth-order valence-corrected chi connectivity index (χ4v) is 5.47. The Kier molecular flexibility index (Phi) is 7.37. The number of likely N-dealkylation sites (tertiary alicyclic amines) is 1. The van der Waals surface area contributed by atoms with Crippen LogP contribution in [-0.2, 0) is 27.3 Å². The molecule has 0 bridgehead atoms. The lowest BCUT2D eigenvalue weighted by atomic mass is 9.98. The highest BCUT2D eigenvalue weighted by molar-refractivity contribution is 6.36. The molecule has 0 aliphatic carbocycles. The molecule has 198 valence electrons. The zero-order valence-electron chi connectivity index (χ0n) is 21.7. The largest absolute Gasteiger partial charge is 0.467 e. The minimum atomic E-state index is -0.542. The van der Waals surface area contributed by atoms with E-state index in [0.29, 0.717) is 31.6 Å². The minimum Gasteiger partial charge on any atom is -0.467 e. The summed E-state index contributed by atoms with van der Waals surface area (Å²) < 4.78 is 10.0. The van der Waals surface area contributed by atoms with Gasteiger partial charge in [-0.05, 0) is 23.9 Å². The maximum Gasteiger partial charge on any atom is 0.330 e. The highest BCUT2D eigenvalue weighted by atomic mass is 35.5. The lowest BCUT2D eigenvalue weighted by Crippen LogP contribution is -2.53. The van der Waals surface area contributed by atoms with Crippen molar-refractivity contribution >= 4 is 45.8 Å². The first-order chi connectivity index (χ1) is 18.4. The van der Waals surface area contributed by atoms with Crippen LogP contribution in [0, 0.1) is 5.92 Å². The van der Waals surface area contributed by atoms with Gasteiger partial charge in [-0.2, -0.15) is 9.97 Å². The Morgan fingerprint density at radius 1 is 1.13 bits per heavy atom. The third-order valence-electron chi connectivity index (χ3n) is 7.10. The van der Waals surface area contributed by atoms with Crippen molar-refractivity contribution in [2.24, 2.45) is 5.92 Å². The van der Waals surface area contributed by atoms with Gasteiger partial charge < -0.3 is 24.2 Å². The molecule has 0 radical (unpaired) electrons. The number of carbonyl (C=O) groups excluding carboxylic acids is 2. The maximum absolute atomic E-state index is 12.2. The van der Waals surface area contributed by atoms with Gasteiger partial charge in [0.2, 0.25) is 5.91 Å². The highest BCUT2D eigenvalue weighted by Gasteiger charge is 2.32. The number of amides is 1. The molecule has 1 amide bonds. The van der Waals surface area contributed by atoms with Crippen LogP contribution in [0.25, 0.3) is 10.8 Å². The van der Waals surface area contributed by atoms with E-state index >= 15 is 0 Å². The van der Waals surface area contributed by atoms with Crippen molar-refractivity contribution in [2.75, 3.05) is 57.2 Å². The molecule has 2 aliphatic rings. The van der Waals surface area contributed by atoms with E-state index in [0.717, 1.165) is 64.1 Å². The molecule has 1 saturated heterocycles. The number of ether oxygens (including phenoxy) is 2. The van der Waals surface area contributed by atoms with E-state index in [1.54, 1.807) is 12.0 Å². The second-order valence-corrected chi connectivity index (χ2v) is 10.00. The number of fused-ring (bicyclic) bond motifs is 2. The lowest BCUT2D eigenvalue weighted by molar-refractivity contribution is -0.136. The van der Waals surface area contributed by atoms with Gasteiger partial charge in [0.05, 0.1) is 31.5 Å². The van der Waals surface area contributed by atoms with Crippen molar-refractivity contribution in [3.8, 4) is 6.01 Å². The lowest BCUT2D eigenvalue weighted by Gasteiger charge is -2.41. The summed E-state index contributed by atoms with van der Waals surface area (Å²) in [5.74, 6) is 0.423. The average molecular weight is 536 g/mol. The molecule has 38 heavy (non-hydrogen) atoms. The van der Waals surface area contributed by atoms with Gasteiger partial charge in [-0.25, -0.2) is 4.79 Å². The van der Waals surface area contributed by atoms with Gasteiger partial charge in [-0.1, -0.05) is 35.9 Å². The average Bonchev–Trinajstić information content (AvgIpc) is 2.91. The molecule has 1 aromatic heterocycles. The van der Waals surface area contributed by atoms with Crippen LogP contribution < -0.4 is 14.5 Å². The molecule has 2 aromatic carbocycles. The van der Waals surface area contributed by atoms with Crippen LogP contribution in [0.15, 0.2) is 48.6 Å². The maximum atomic E-state index is 12.2. The fraction of sp³-hybridized carbons (Fsp3) is 0.357. The van der Waals surface area contributed by atoms with Crippen molar-refractivity contribution in [1.82, 2.24) is 14.9 Å². The van der Waals surface area contributed by atoms with Crippen LogP contribution in [-0.4, -0.2) is 74.2 Å². The molecule has 0 unspecified atom stereocenters. The monoisotopic (exact) mass is 535 g/mol. The summed E-state index contributed by atoms with van der Waals surface area (Å²) in [4.78, 5) is 39.0. The zero-order chi connectivity index (χ0) is 26.8. The quantitative estimate of drug-likeness (QED) is 0.336. The second kappa shape index (κ2) is 10.9. The number of nitrogens with zero attached hydrogens (tertiary/aromatic N) is 5. The van der Waals surface area contributed by atoms with E-state index in [1.165, 1.54) is 13.2 Å². The Bertz CT molecular complexity index is 1400. The van der Waals surface area contributed by atoms with Gasteiger partial charge in [-0.3, -0.25) is 4.79 Å². The number of carbonyl (C=O) groups is 2. The summed E-state index contributed by atoms with van der Waals surface area (Å²) in [6.07, 6.45) is 3.19. The molecule has 0 N–H and O–H groups in total. The standard InChI is InChI=1S/C28H30ClN5O4/c1-32(14-18-15-34(16-18)24(35)10-11-25(36)37-2)27-20-12-13-33(17-22(20)30-28(31-27)38-3)23-9-5-7-19-6-4-8-21(29)26(19)23/h4-11,18H,12-17H2,1-3H3/b11-10+. The van der Waals surface area contributed by atoms with E-state index in [9.17, 15) is 9.59 Å². The Hall–Kier alpha value is -3.85. The van der Waals surface area contributed by atoms with Gasteiger partial charge >= 0.3 is 12.0 Å². The van der Waals surface area contributed by atoms with Crippen molar-refractivity contribution in [3.63, 3.8) is 0 Å². The topological polar surface area (TPSA) is 88.1 Å². The predicted molar refractivity (Wildman–Crippen MR) is 147 cm³/mol. The number of methoxy groups -OCH3 is 2. The Labute approximate surface area is 226 Å². The Morgan fingerprint density at radius 2 is 1.89 bits per heavy atom. The number of halogens is 1. The molecule has 2 aliphatic heterocycles. The van der Waals surface area contributed by atoms with Crippen LogP contribution in [0.2, 0.25) is 5.02 Å². The number of benzene rings is 2. The molecule has 0 saturated carbocycles. The first-order valence-corrected chi connectivity index (χ1v) is 12.9. The summed E-state index contributed by atoms with van der Waals surface area (Å²) in [6.45, 7) is 3.41. The summed E-state index contributed by atoms with van der Waals surface area (Å²) in [5.41, 5.74) is 3.14. The van der Waals surface area contributed by atoms with Gasteiger partial charge in [-0.15, -0.1) is 0 Å². The third-order valence-corrected chi connectivity index (χ3v) is 7.42. The third kappa shape index (κ3) is 5.11. The smallest absolute Gasteiger partial charge is 0.330 e. The van der Waals surface area contributed by atoms with E-state index in [-0.39, 0.29) is 5.91 Å². The number of aromatic nitrogens is 2. The van der Waals surface area contributed by atoms with E-state index in [2.05, 4.69) is 38.8 Å². The predicted octanol–water partition coefficient (Wildman–Crippen LogP) is 3.48. The Morgan fingerprint density at radius 3 is 2.63 bits per heavy atom. The van der Waals surface area contributed by atoms with Crippen LogP contribution in [0.5, 0.6) is 6.01 Å². The fourth-order valence-electron chi connectivity index (χ4n) is 5.19. The number of hydrogen-bond acceptors (Lipinski definition) is 8. The number of hydrogen-bond donors (Lipinski definition) is 0. The molecule has 0 atom stereocenters. The summed E-state index contributed by atoms with van der Waals surface area (Å²) >= 11 is 6.60. The van der Waals surface area contributed by atoms with Crippen molar-refractivity contribution < 1.29 is 19.1 Å². The molecule has 5 rings (SSSR count). The Balaban J connectivity index is 1.31. The second-order valence-electron chi connectivity index (χ2n) is 9.59. The normalized spacial score (nSPS) is 15.4. The van der Waals surface area contributed by atoms with Crippen molar-refractivity contribution in [1.29, 1.82) is 0 Å². The van der Waals surface area contributed by atoms with E-state index < -0.39 is 5.97 Å². The minimum absolute atomic E-state index is 0.191. The van der Waals surface area contributed by atoms with Crippen LogP contribution in [0.1, 0.15) is 11.3 Å². The van der Waals surface area contributed by atoms with E-state index in [1.807, 2.05) is 19.2 Å². The van der Waals surface area contributed by atoms with Gasteiger partial charge in [0.15, 0.2) is 0 Å². The summed E-state index contributed by atoms with van der Waals surface area (Å²) in [5, 5.41) is 2.89. The van der Waals surface area contributed by atoms with Crippen molar-refractivity contribution in [2.45, 2.75) is 13.0 Å². The molecule has 0 spiro atoms. The zero-order valence-corrected chi connectivity index (χ0v) is 22.4. The number of esters is 1. The summed E-state index contributed by atoms with van der Waals surface area (Å²) in [7, 11) is 4.87. The molecular weight excluding hydrogens is 506 g/mol. The van der Waals surface area contributed by atoms with Gasteiger partial charge in [0.25, 0.3) is 0 Å². The van der Waals surface area contributed by atoms with Gasteiger partial charge in [0, 0.05) is 67.9 Å².